The van der Waals surface area contributed by atoms with Crippen LogP contribution >= 0.6 is 0 Å². The van der Waals surface area contributed by atoms with Crippen LogP contribution in [0.4, 0.5) is 4.79 Å². The Labute approximate surface area is 162 Å². The molecule has 0 unspecified atom stereocenters. The normalized spacial score (nSPS) is 10.4. The Kier molecular flexibility index (Phi) is 6.41. The molecule has 3 rings (SSSR count). The quantitative estimate of drug-likeness (QED) is 0.627. The minimum absolute atomic E-state index is 0.163. The first-order valence-corrected chi connectivity index (χ1v) is 8.88. The predicted molar refractivity (Wildman–Crippen MR) is 104 cm³/mol. The predicted octanol–water partition coefficient (Wildman–Crippen LogP) is 3.10. The molecule has 0 aliphatic rings. The summed E-state index contributed by atoms with van der Waals surface area (Å²) in [4.78, 5) is 22.5. The van der Waals surface area contributed by atoms with Crippen LogP contribution in [-0.2, 0) is 29.1 Å². The van der Waals surface area contributed by atoms with Gasteiger partial charge in [0.2, 0.25) is 0 Å². The number of aliphatic carboxylic acids is 1. The molecule has 1 aromatic heterocycles. The molecule has 2 aromatic carbocycles. The summed E-state index contributed by atoms with van der Waals surface area (Å²) >= 11 is 0. The van der Waals surface area contributed by atoms with Crippen molar-refractivity contribution in [2.75, 3.05) is 6.54 Å². The maximum absolute atomic E-state index is 11.7. The van der Waals surface area contributed by atoms with E-state index in [1.54, 1.807) is 12.4 Å². The van der Waals surface area contributed by atoms with E-state index in [0.29, 0.717) is 13.0 Å². The molecule has 2 N–H and O–H groups in total. The van der Waals surface area contributed by atoms with Crippen LogP contribution in [0.15, 0.2) is 67.0 Å². The molecule has 144 valence electrons. The van der Waals surface area contributed by atoms with E-state index in [4.69, 9.17) is 9.84 Å². The Morgan fingerprint density at radius 3 is 2.46 bits per heavy atom. The summed E-state index contributed by atoms with van der Waals surface area (Å²) in [6.45, 7) is 0.560. The largest absolute Gasteiger partial charge is 0.480 e. The highest BCUT2D eigenvalue weighted by Gasteiger charge is 2.06. The number of hydrogen-bond donors (Lipinski definition) is 2. The van der Waals surface area contributed by atoms with Crippen molar-refractivity contribution in [1.82, 2.24) is 15.1 Å². The highest BCUT2D eigenvalue weighted by Crippen LogP contribution is 2.19. The molecule has 0 aliphatic carbocycles. The van der Waals surface area contributed by atoms with Gasteiger partial charge in [0.05, 0.1) is 6.20 Å². The van der Waals surface area contributed by atoms with Gasteiger partial charge in [0.15, 0.2) is 0 Å². The zero-order chi connectivity index (χ0) is 19.8. The van der Waals surface area contributed by atoms with Crippen LogP contribution in [0.5, 0.6) is 0 Å². The van der Waals surface area contributed by atoms with Crippen LogP contribution < -0.4 is 5.32 Å². The van der Waals surface area contributed by atoms with Crippen molar-refractivity contribution < 1.29 is 19.4 Å². The van der Waals surface area contributed by atoms with Crippen LogP contribution in [0.3, 0.4) is 0 Å². The number of nitrogens with zero attached hydrogens (tertiary/aromatic N) is 2. The number of amides is 1. The zero-order valence-corrected chi connectivity index (χ0v) is 15.2. The first kappa shape index (κ1) is 19.2. The smallest absolute Gasteiger partial charge is 0.407 e. The van der Waals surface area contributed by atoms with E-state index >= 15 is 0 Å². The van der Waals surface area contributed by atoms with Crippen molar-refractivity contribution in [3.05, 3.63) is 78.1 Å². The number of aromatic nitrogens is 2. The third-order valence-electron chi connectivity index (χ3n) is 4.11. The molecular formula is C21H21N3O4. The van der Waals surface area contributed by atoms with Crippen LogP contribution in [0.1, 0.15) is 11.1 Å². The summed E-state index contributed by atoms with van der Waals surface area (Å²) in [5, 5.41) is 15.6. The number of ether oxygens (including phenoxy) is 1. The number of carbonyl (C=O) groups excluding carboxylic acids is 1. The molecule has 0 saturated heterocycles. The molecule has 0 atom stereocenters. The lowest BCUT2D eigenvalue weighted by Gasteiger charge is -2.07. The van der Waals surface area contributed by atoms with Crippen LogP contribution in [0.2, 0.25) is 0 Å². The van der Waals surface area contributed by atoms with Crippen LogP contribution in [0.25, 0.3) is 11.1 Å². The van der Waals surface area contributed by atoms with E-state index in [9.17, 15) is 9.59 Å². The fraction of sp³-hybridized carbons (Fsp3) is 0.190. The second-order valence-corrected chi connectivity index (χ2v) is 6.26. The van der Waals surface area contributed by atoms with Crippen molar-refractivity contribution >= 4 is 12.1 Å². The summed E-state index contributed by atoms with van der Waals surface area (Å²) in [5.74, 6) is -0.931. The SMILES string of the molecule is O=C(O)Cn1cc(-c2ccc(CCNC(=O)OCc3ccccc3)cc2)cn1. The van der Waals surface area contributed by atoms with Crippen molar-refractivity contribution in [3.8, 4) is 11.1 Å². The average Bonchev–Trinajstić information content (AvgIpc) is 3.15. The summed E-state index contributed by atoms with van der Waals surface area (Å²) in [6.07, 6.45) is 3.58. The second-order valence-electron chi connectivity index (χ2n) is 6.26. The molecule has 0 aliphatic heterocycles. The maximum Gasteiger partial charge on any atom is 0.407 e. The van der Waals surface area contributed by atoms with Crippen LogP contribution in [-0.4, -0.2) is 33.5 Å². The third-order valence-corrected chi connectivity index (χ3v) is 4.11. The van der Waals surface area contributed by atoms with E-state index in [1.807, 2.05) is 54.6 Å². The molecule has 0 spiro atoms. The molecule has 0 fully saturated rings. The van der Waals surface area contributed by atoms with Gasteiger partial charge in [-0.25, -0.2) is 4.79 Å². The number of benzene rings is 2. The highest BCUT2D eigenvalue weighted by atomic mass is 16.5. The van der Waals surface area contributed by atoms with Gasteiger partial charge in [-0.2, -0.15) is 5.10 Å². The van der Waals surface area contributed by atoms with Crippen molar-refractivity contribution in [2.24, 2.45) is 0 Å². The molecule has 7 nitrogen and oxygen atoms in total. The Balaban J connectivity index is 1.43. The van der Waals surface area contributed by atoms with Gasteiger partial charge in [0.25, 0.3) is 0 Å². The van der Waals surface area contributed by atoms with E-state index in [-0.39, 0.29) is 13.2 Å². The van der Waals surface area contributed by atoms with Gasteiger partial charge in [0.1, 0.15) is 13.2 Å². The van der Waals surface area contributed by atoms with Gasteiger partial charge in [-0.1, -0.05) is 54.6 Å². The molecule has 3 aromatic rings. The Morgan fingerprint density at radius 1 is 1.00 bits per heavy atom. The summed E-state index contributed by atoms with van der Waals surface area (Å²) in [7, 11) is 0. The lowest BCUT2D eigenvalue weighted by atomic mass is 10.1. The van der Waals surface area contributed by atoms with Crippen molar-refractivity contribution in [3.63, 3.8) is 0 Å². The second kappa shape index (κ2) is 9.36. The Morgan fingerprint density at radius 2 is 1.75 bits per heavy atom. The fourth-order valence-corrected chi connectivity index (χ4v) is 2.68. The number of alkyl carbamates (subject to hydrolysis) is 1. The molecule has 0 saturated carbocycles. The fourth-order valence-electron chi connectivity index (χ4n) is 2.68. The molecule has 1 amide bonds. The highest BCUT2D eigenvalue weighted by molar-refractivity contribution is 5.68. The monoisotopic (exact) mass is 379 g/mol. The maximum atomic E-state index is 11.7. The zero-order valence-electron chi connectivity index (χ0n) is 15.2. The lowest BCUT2D eigenvalue weighted by molar-refractivity contribution is -0.137. The molecule has 28 heavy (non-hydrogen) atoms. The van der Waals surface area contributed by atoms with Gasteiger partial charge in [-0.15, -0.1) is 0 Å². The van der Waals surface area contributed by atoms with Gasteiger partial charge in [-0.05, 0) is 23.1 Å². The number of hydrogen-bond acceptors (Lipinski definition) is 4. The van der Waals surface area contributed by atoms with Crippen LogP contribution in [0, 0.1) is 0 Å². The molecule has 0 bridgehead atoms. The minimum Gasteiger partial charge on any atom is -0.480 e. The molecule has 7 heteroatoms. The standard InChI is InChI=1S/C21H21N3O4/c25-20(26)14-24-13-19(12-23-24)18-8-6-16(7-9-18)10-11-22-21(27)28-15-17-4-2-1-3-5-17/h1-9,12-13H,10-11,14-15H2,(H,22,27)(H,25,26). The Hall–Kier alpha value is -3.61. The first-order chi connectivity index (χ1) is 13.6. The minimum atomic E-state index is -0.931. The first-order valence-electron chi connectivity index (χ1n) is 8.88. The van der Waals surface area contributed by atoms with E-state index in [1.165, 1.54) is 4.68 Å². The Bertz CT molecular complexity index is 920. The van der Waals surface area contributed by atoms with Gasteiger partial charge >= 0.3 is 12.1 Å². The number of carboxylic acid groups (broad SMARTS) is 1. The van der Waals surface area contributed by atoms with Gasteiger partial charge in [0, 0.05) is 18.3 Å². The number of nitrogens with one attached hydrogen (secondary N) is 1. The van der Waals surface area contributed by atoms with Gasteiger partial charge < -0.3 is 15.2 Å². The molecular weight excluding hydrogens is 358 g/mol. The summed E-state index contributed by atoms with van der Waals surface area (Å²) in [6, 6.07) is 17.4. The average molecular weight is 379 g/mol. The number of carbonyl (C=O) groups is 2. The molecule has 0 radical (unpaired) electrons. The molecule has 1 heterocycles. The lowest BCUT2D eigenvalue weighted by Crippen LogP contribution is -2.26. The van der Waals surface area contributed by atoms with E-state index < -0.39 is 12.1 Å². The van der Waals surface area contributed by atoms with Crippen molar-refractivity contribution in [2.45, 2.75) is 19.6 Å². The summed E-state index contributed by atoms with van der Waals surface area (Å²) < 4.78 is 6.56. The number of carboxylic acids is 1. The number of rotatable bonds is 8. The van der Waals surface area contributed by atoms with Crippen molar-refractivity contribution in [1.29, 1.82) is 0 Å². The van der Waals surface area contributed by atoms with E-state index in [0.717, 1.165) is 22.3 Å². The summed E-state index contributed by atoms with van der Waals surface area (Å²) in [5.41, 5.74) is 3.83. The van der Waals surface area contributed by atoms with Gasteiger partial charge in [-0.3, -0.25) is 9.48 Å². The topological polar surface area (TPSA) is 93.5 Å². The third kappa shape index (κ3) is 5.70. The van der Waals surface area contributed by atoms with E-state index in [2.05, 4.69) is 10.4 Å².